The first-order valence-corrected chi connectivity index (χ1v) is 7.20. The van der Waals surface area contributed by atoms with E-state index in [1.807, 2.05) is 0 Å². The highest BCUT2D eigenvalue weighted by atomic mass is 16.2. The zero-order valence-corrected chi connectivity index (χ0v) is 11.1. The molecule has 0 saturated heterocycles. The third-order valence-electron chi connectivity index (χ3n) is 4.16. The summed E-state index contributed by atoms with van der Waals surface area (Å²) in [5.74, 6) is 0.514. The smallest absolute Gasteiger partial charge is 0.315 e. The molecule has 102 valence electrons. The van der Waals surface area contributed by atoms with Gasteiger partial charge in [0.1, 0.15) is 0 Å². The van der Waals surface area contributed by atoms with Crippen molar-refractivity contribution in [2.75, 3.05) is 18.4 Å². The maximum atomic E-state index is 11.6. The van der Waals surface area contributed by atoms with Gasteiger partial charge in [0, 0.05) is 30.7 Å². The van der Waals surface area contributed by atoms with Crippen LogP contribution in [0.25, 0.3) is 0 Å². The number of nitrogens with one attached hydrogen (secondary N) is 3. The summed E-state index contributed by atoms with van der Waals surface area (Å²) < 4.78 is 0. The minimum absolute atomic E-state index is 0.0102. The van der Waals surface area contributed by atoms with Gasteiger partial charge in [-0.1, -0.05) is 18.2 Å². The lowest BCUT2D eigenvalue weighted by Crippen LogP contribution is -2.45. The Labute approximate surface area is 114 Å². The van der Waals surface area contributed by atoms with Gasteiger partial charge in [-0.3, -0.25) is 0 Å². The quantitative estimate of drug-likeness (QED) is 0.778. The Kier molecular flexibility index (Phi) is 3.58. The van der Waals surface area contributed by atoms with Crippen LogP contribution < -0.4 is 16.0 Å². The first kappa shape index (κ1) is 12.3. The monoisotopic (exact) mass is 259 g/mol. The number of amides is 2. The normalized spacial score (nSPS) is 21.2. The lowest BCUT2D eigenvalue weighted by molar-refractivity contribution is 0.228. The van der Waals surface area contributed by atoms with Crippen molar-refractivity contribution in [2.45, 2.75) is 37.6 Å². The van der Waals surface area contributed by atoms with Crippen molar-refractivity contribution in [1.29, 1.82) is 0 Å². The van der Waals surface area contributed by atoms with Crippen LogP contribution in [0.5, 0.6) is 0 Å². The molecule has 3 N–H and O–H groups in total. The van der Waals surface area contributed by atoms with Gasteiger partial charge in [-0.15, -0.1) is 0 Å². The number of benzene rings is 1. The summed E-state index contributed by atoms with van der Waals surface area (Å²) in [6.45, 7) is 1.71. The van der Waals surface area contributed by atoms with Crippen molar-refractivity contribution >= 4 is 11.7 Å². The summed E-state index contributed by atoms with van der Waals surface area (Å²) in [4.78, 5) is 11.6. The van der Waals surface area contributed by atoms with Crippen molar-refractivity contribution in [3.63, 3.8) is 0 Å². The highest BCUT2D eigenvalue weighted by Crippen LogP contribution is 2.32. The third-order valence-corrected chi connectivity index (χ3v) is 4.16. The minimum Gasteiger partial charge on any atom is -0.384 e. The molecule has 2 aliphatic rings. The topological polar surface area (TPSA) is 53.2 Å². The molecule has 1 fully saturated rings. The molecular formula is C15H21N3O. The maximum Gasteiger partial charge on any atom is 0.315 e. The van der Waals surface area contributed by atoms with E-state index in [0.29, 0.717) is 12.0 Å². The van der Waals surface area contributed by atoms with E-state index in [2.05, 4.69) is 40.2 Å². The zero-order chi connectivity index (χ0) is 13.1. The van der Waals surface area contributed by atoms with E-state index in [1.54, 1.807) is 0 Å². The Balaban J connectivity index is 1.42. The molecule has 1 saturated carbocycles. The second-order valence-electron chi connectivity index (χ2n) is 5.48. The first-order valence-electron chi connectivity index (χ1n) is 7.20. The Morgan fingerprint density at radius 1 is 1.32 bits per heavy atom. The Morgan fingerprint density at radius 2 is 2.16 bits per heavy atom. The summed E-state index contributed by atoms with van der Waals surface area (Å²) in [6.07, 6.45) is 4.50. The van der Waals surface area contributed by atoms with Crippen LogP contribution in [0, 0.1) is 0 Å². The second kappa shape index (κ2) is 5.51. The van der Waals surface area contributed by atoms with Gasteiger partial charge in [-0.05, 0) is 37.3 Å². The molecule has 4 nitrogen and oxygen atoms in total. The first-order chi connectivity index (χ1) is 9.33. The van der Waals surface area contributed by atoms with Crippen LogP contribution >= 0.6 is 0 Å². The summed E-state index contributed by atoms with van der Waals surface area (Å²) in [7, 11) is 0. The predicted molar refractivity (Wildman–Crippen MR) is 76.5 cm³/mol. The van der Waals surface area contributed by atoms with Crippen LogP contribution in [0.15, 0.2) is 24.3 Å². The average molecular weight is 259 g/mol. The zero-order valence-electron chi connectivity index (χ0n) is 11.1. The number of anilines is 1. The fourth-order valence-corrected chi connectivity index (χ4v) is 2.76. The van der Waals surface area contributed by atoms with E-state index in [4.69, 9.17) is 0 Å². The lowest BCUT2D eigenvalue weighted by Gasteiger charge is -2.26. The summed E-state index contributed by atoms with van der Waals surface area (Å²) >= 11 is 0. The number of hydrogen-bond acceptors (Lipinski definition) is 2. The average Bonchev–Trinajstić information content (AvgIpc) is 2.78. The molecular weight excluding hydrogens is 238 g/mol. The van der Waals surface area contributed by atoms with Gasteiger partial charge in [0.05, 0.1) is 0 Å². The number of para-hydroxylation sites is 1. The van der Waals surface area contributed by atoms with Gasteiger partial charge in [-0.2, -0.15) is 0 Å². The van der Waals surface area contributed by atoms with Crippen molar-refractivity contribution in [3.8, 4) is 0 Å². The largest absolute Gasteiger partial charge is 0.384 e. The number of fused-ring (bicyclic) bond motifs is 1. The molecule has 0 aromatic heterocycles. The lowest BCUT2D eigenvalue weighted by atomic mass is 9.93. The van der Waals surface area contributed by atoms with Crippen molar-refractivity contribution in [1.82, 2.24) is 10.6 Å². The molecule has 19 heavy (non-hydrogen) atoms. The van der Waals surface area contributed by atoms with E-state index in [1.165, 1.54) is 17.7 Å². The predicted octanol–water partition coefficient (Wildman–Crippen LogP) is 2.44. The fraction of sp³-hybridized carbons (Fsp3) is 0.533. The summed E-state index contributed by atoms with van der Waals surface area (Å²) in [6, 6.07) is 8.83. The van der Waals surface area contributed by atoms with Crippen molar-refractivity contribution < 1.29 is 4.79 Å². The summed E-state index contributed by atoms with van der Waals surface area (Å²) in [5, 5.41) is 9.37. The maximum absolute atomic E-state index is 11.6. The molecule has 2 amide bonds. The SMILES string of the molecule is O=C(NCCC1CNc2ccccc21)NC1CCC1. The molecule has 1 atom stereocenters. The molecule has 1 aliphatic heterocycles. The van der Waals surface area contributed by atoms with Crippen LogP contribution in [0.1, 0.15) is 37.2 Å². The highest BCUT2D eigenvalue weighted by molar-refractivity contribution is 5.74. The van der Waals surface area contributed by atoms with Crippen LogP contribution in [0.4, 0.5) is 10.5 Å². The van der Waals surface area contributed by atoms with Crippen LogP contribution in [-0.4, -0.2) is 25.2 Å². The molecule has 1 aromatic carbocycles. The van der Waals surface area contributed by atoms with E-state index in [9.17, 15) is 4.79 Å². The number of hydrogen-bond donors (Lipinski definition) is 3. The van der Waals surface area contributed by atoms with E-state index in [0.717, 1.165) is 32.4 Å². The molecule has 3 rings (SSSR count). The van der Waals surface area contributed by atoms with Gasteiger partial charge >= 0.3 is 6.03 Å². The van der Waals surface area contributed by atoms with Crippen LogP contribution in [-0.2, 0) is 0 Å². The Bertz CT molecular complexity index is 456. The number of carbonyl (C=O) groups excluding carboxylic acids is 1. The van der Waals surface area contributed by atoms with Gasteiger partial charge in [0.25, 0.3) is 0 Å². The minimum atomic E-state index is -0.0102. The van der Waals surface area contributed by atoms with Crippen molar-refractivity contribution in [3.05, 3.63) is 29.8 Å². The van der Waals surface area contributed by atoms with Crippen LogP contribution in [0.3, 0.4) is 0 Å². The number of carbonyl (C=O) groups is 1. The summed E-state index contributed by atoms with van der Waals surface area (Å²) in [5.41, 5.74) is 2.62. The second-order valence-corrected chi connectivity index (χ2v) is 5.48. The van der Waals surface area contributed by atoms with Gasteiger partial charge < -0.3 is 16.0 Å². The van der Waals surface area contributed by atoms with Gasteiger partial charge in [0.15, 0.2) is 0 Å². The van der Waals surface area contributed by atoms with Gasteiger partial charge in [0.2, 0.25) is 0 Å². The number of urea groups is 1. The molecule has 1 aromatic rings. The van der Waals surface area contributed by atoms with Gasteiger partial charge in [-0.25, -0.2) is 4.79 Å². The van der Waals surface area contributed by atoms with E-state index < -0.39 is 0 Å². The standard InChI is InChI=1S/C15H21N3O/c19-15(18-12-4-3-5-12)16-9-8-11-10-17-14-7-2-1-6-13(11)14/h1-2,6-7,11-12,17H,3-5,8-10H2,(H2,16,18,19). The molecule has 0 bridgehead atoms. The van der Waals surface area contributed by atoms with E-state index >= 15 is 0 Å². The molecule has 1 heterocycles. The molecule has 4 heteroatoms. The number of rotatable bonds is 4. The molecule has 1 unspecified atom stereocenters. The van der Waals surface area contributed by atoms with Crippen molar-refractivity contribution in [2.24, 2.45) is 0 Å². The highest BCUT2D eigenvalue weighted by Gasteiger charge is 2.22. The molecule has 0 radical (unpaired) electrons. The van der Waals surface area contributed by atoms with E-state index in [-0.39, 0.29) is 6.03 Å². The fourth-order valence-electron chi connectivity index (χ4n) is 2.76. The van der Waals surface area contributed by atoms with Crippen LogP contribution in [0.2, 0.25) is 0 Å². The molecule has 0 spiro atoms. The Morgan fingerprint density at radius 3 is 2.95 bits per heavy atom. The Hall–Kier alpha value is -1.71. The third kappa shape index (κ3) is 2.83. The molecule has 1 aliphatic carbocycles.